The second-order valence-corrected chi connectivity index (χ2v) is 5.90. The predicted molar refractivity (Wildman–Crippen MR) is 92.3 cm³/mol. The van der Waals surface area contributed by atoms with Gasteiger partial charge in [-0.2, -0.15) is 0 Å². The summed E-state index contributed by atoms with van der Waals surface area (Å²) in [5.41, 5.74) is 3.46. The third-order valence-electron chi connectivity index (χ3n) is 4.31. The summed E-state index contributed by atoms with van der Waals surface area (Å²) in [5, 5.41) is 3.02. The lowest BCUT2D eigenvalue weighted by molar-refractivity contribution is 0.246. The monoisotopic (exact) mass is 310 g/mol. The van der Waals surface area contributed by atoms with E-state index in [0.717, 1.165) is 24.4 Å². The molecule has 1 N–H and O–H groups in total. The average molecular weight is 310 g/mol. The van der Waals surface area contributed by atoms with E-state index in [0.29, 0.717) is 12.5 Å². The zero-order valence-corrected chi connectivity index (χ0v) is 13.6. The lowest BCUT2D eigenvalue weighted by atomic mass is 10.0. The maximum absolute atomic E-state index is 12.4. The molecule has 2 aromatic rings. The van der Waals surface area contributed by atoms with Crippen molar-refractivity contribution in [1.82, 2.24) is 5.32 Å². The number of methoxy groups -OCH3 is 1. The van der Waals surface area contributed by atoms with Crippen LogP contribution < -0.4 is 15.0 Å². The highest BCUT2D eigenvalue weighted by Gasteiger charge is 2.28. The average Bonchev–Trinajstić information content (AvgIpc) is 2.93. The number of fused-ring (bicyclic) bond motifs is 1. The molecule has 0 bridgehead atoms. The van der Waals surface area contributed by atoms with Gasteiger partial charge in [-0.25, -0.2) is 4.79 Å². The number of hydrogen-bond donors (Lipinski definition) is 1. The molecule has 1 unspecified atom stereocenters. The van der Waals surface area contributed by atoms with Crippen LogP contribution in [0.2, 0.25) is 0 Å². The summed E-state index contributed by atoms with van der Waals surface area (Å²) in [6.07, 6.45) is 0.806. The van der Waals surface area contributed by atoms with Crippen LogP contribution in [-0.4, -0.2) is 26.2 Å². The number of carbonyl (C=O) groups is 1. The summed E-state index contributed by atoms with van der Waals surface area (Å²) < 4.78 is 5.15. The molecule has 0 aliphatic carbocycles. The smallest absolute Gasteiger partial charge is 0.321 e. The van der Waals surface area contributed by atoms with Crippen LogP contribution in [0.25, 0.3) is 0 Å². The van der Waals surface area contributed by atoms with Crippen LogP contribution in [0.15, 0.2) is 48.5 Å². The van der Waals surface area contributed by atoms with E-state index < -0.39 is 0 Å². The zero-order chi connectivity index (χ0) is 16.2. The summed E-state index contributed by atoms with van der Waals surface area (Å²) in [4.78, 5) is 14.3. The Morgan fingerprint density at radius 1 is 1.22 bits per heavy atom. The molecule has 0 saturated heterocycles. The van der Waals surface area contributed by atoms with Crippen LogP contribution >= 0.6 is 0 Å². The van der Waals surface area contributed by atoms with Gasteiger partial charge < -0.3 is 10.1 Å². The maximum Gasteiger partial charge on any atom is 0.321 e. The number of rotatable bonds is 4. The molecule has 1 heterocycles. The van der Waals surface area contributed by atoms with E-state index in [4.69, 9.17) is 4.74 Å². The quantitative estimate of drug-likeness (QED) is 0.938. The molecule has 0 radical (unpaired) electrons. The highest BCUT2D eigenvalue weighted by atomic mass is 16.5. The summed E-state index contributed by atoms with van der Waals surface area (Å²) in [6.45, 7) is 3.52. The lowest BCUT2D eigenvalue weighted by Crippen LogP contribution is -2.40. The fraction of sp³-hybridized carbons (Fsp3) is 0.316. The number of urea groups is 1. The molecule has 23 heavy (non-hydrogen) atoms. The first-order chi connectivity index (χ1) is 11.2. The van der Waals surface area contributed by atoms with Crippen LogP contribution in [0.3, 0.4) is 0 Å². The van der Waals surface area contributed by atoms with Crippen molar-refractivity contribution in [2.75, 3.05) is 25.1 Å². The van der Waals surface area contributed by atoms with Crippen LogP contribution in [0.5, 0.6) is 5.75 Å². The molecule has 120 valence electrons. The zero-order valence-electron chi connectivity index (χ0n) is 13.6. The van der Waals surface area contributed by atoms with E-state index in [1.807, 2.05) is 47.4 Å². The Hall–Kier alpha value is -2.49. The summed E-state index contributed by atoms with van der Waals surface area (Å²) in [5.74, 6) is 1.24. The summed E-state index contributed by atoms with van der Waals surface area (Å²) in [6, 6.07) is 16.0. The van der Waals surface area contributed by atoms with Crippen molar-refractivity contribution in [2.24, 2.45) is 0 Å². The topological polar surface area (TPSA) is 41.6 Å². The predicted octanol–water partition coefficient (Wildman–Crippen LogP) is 3.57. The van der Waals surface area contributed by atoms with E-state index in [-0.39, 0.29) is 6.03 Å². The standard InChI is InChI=1S/C19H22N2O2/c1-14-13-21(18-6-4-3-5-17(14)18)19(22)20-12-11-15-7-9-16(23-2)10-8-15/h3-10,14H,11-13H2,1-2H3,(H,20,22). The number of anilines is 1. The maximum atomic E-state index is 12.4. The number of amides is 2. The number of benzene rings is 2. The van der Waals surface area contributed by atoms with E-state index in [9.17, 15) is 4.79 Å². The lowest BCUT2D eigenvalue weighted by Gasteiger charge is -2.18. The molecule has 1 aliphatic heterocycles. The highest BCUT2D eigenvalue weighted by molar-refractivity contribution is 5.94. The van der Waals surface area contributed by atoms with Crippen molar-refractivity contribution >= 4 is 11.7 Å². The molecular formula is C19H22N2O2. The van der Waals surface area contributed by atoms with Gasteiger partial charge in [0.2, 0.25) is 0 Å². The first-order valence-electron chi connectivity index (χ1n) is 7.96. The molecule has 1 atom stereocenters. The minimum Gasteiger partial charge on any atom is -0.497 e. The summed E-state index contributed by atoms with van der Waals surface area (Å²) in [7, 11) is 1.66. The largest absolute Gasteiger partial charge is 0.497 e. The third kappa shape index (κ3) is 3.31. The van der Waals surface area contributed by atoms with Gasteiger partial charge in [0.05, 0.1) is 7.11 Å². The van der Waals surface area contributed by atoms with Crippen LogP contribution in [0.1, 0.15) is 24.0 Å². The first-order valence-corrected chi connectivity index (χ1v) is 7.96. The second kappa shape index (κ2) is 6.73. The molecule has 4 heteroatoms. The highest BCUT2D eigenvalue weighted by Crippen LogP contribution is 2.35. The minimum atomic E-state index is -0.0182. The van der Waals surface area contributed by atoms with Gasteiger partial charge >= 0.3 is 6.03 Å². The Bertz CT molecular complexity index is 682. The molecule has 0 spiro atoms. The Morgan fingerprint density at radius 3 is 2.70 bits per heavy atom. The molecular weight excluding hydrogens is 288 g/mol. The first kappa shape index (κ1) is 15.4. The van der Waals surface area contributed by atoms with Gasteiger partial charge in [-0.1, -0.05) is 37.3 Å². The number of nitrogens with one attached hydrogen (secondary N) is 1. The second-order valence-electron chi connectivity index (χ2n) is 5.90. The molecule has 0 fully saturated rings. The Kier molecular flexibility index (Phi) is 4.51. The van der Waals surface area contributed by atoms with E-state index in [1.54, 1.807) is 7.11 Å². The van der Waals surface area contributed by atoms with Crippen LogP contribution in [0.4, 0.5) is 10.5 Å². The van der Waals surface area contributed by atoms with Gasteiger partial charge in [0.15, 0.2) is 0 Å². The van der Waals surface area contributed by atoms with Crippen molar-refractivity contribution in [3.8, 4) is 5.75 Å². The molecule has 3 rings (SSSR count). The Labute approximate surface area is 137 Å². The van der Waals surface area contributed by atoms with Gasteiger partial charge in [-0.3, -0.25) is 4.90 Å². The van der Waals surface area contributed by atoms with Crippen molar-refractivity contribution in [2.45, 2.75) is 19.3 Å². The molecule has 2 amide bonds. The van der Waals surface area contributed by atoms with Crippen molar-refractivity contribution < 1.29 is 9.53 Å². The molecule has 4 nitrogen and oxygen atoms in total. The Balaban J connectivity index is 1.56. The van der Waals surface area contributed by atoms with Gasteiger partial charge in [-0.15, -0.1) is 0 Å². The summed E-state index contributed by atoms with van der Waals surface area (Å²) >= 11 is 0. The van der Waals surface area contributed by atoms with Gasteiger partial charge in [0.25, 0.3) is 0 Å². The molecule has 0 saturated carbocycles. The fourth-order valence-corrected chi connectivity index (χ4v) is 3.01. The minimum absolute atomic E-state index is 0.0182. The van der Waals surface area contributed by atoms with Gasteiger partial charge in [0.1, 0.15) is 5.75 Å². The van der Waals surface area contributed by atoms with Crippen molar-refractivity contribution in [1.29, 1.82) is 0 Å². The van der Waals surface area contributed by atoms with E-state index >= 15 is 0 Å². The van der Waals surface area contributed by atoms with Crippen molar-refractivity contribution in [3.63, 3.8) is 0 Å². The molecule has 1 aliphatic rings. The van der Waals surface area contributed by atoms with E-state index in [2.05, 4.69) is 18.3 Å². The Morgan fingerprint density at radius 2 is 1.96 bits per heavy atom. The van der Waals surface area contributed by atoms with E-state index in [1.165, 1.54) is 11.1 Å². The molecule has 0 aromatic heterocycles. The van der Waals surface area contributed by atoms with Gasteiger partial charge in [-0.05, 0) is 35.7 Å². The molecule has 2 aromatic carbocycles. The fourth-order valence-electron chi connectivity index (χ4n) is 3.01. The number of para-hydroxylation sites is 1. The van der Waals surface area contributed by atoms with Crippen LogP contribution in [0, 0.1) is 0 Å². The van der Waals surface area contributed by atoms with Crippen LogP contribution in [-0.2, 0) is 6.42 Å². The SMILES string of the molecule is COc1ccc(CCNC(=O)N2CC(C)c3ccccc32)cc1. The third-order valence-corrected chi connectivity index (χ3v) is 4.31. The number of ether oxygens (including phenoxy) is 1. The number of nitrogens with zero attached hydrogens (tertiary/aromatic N) is 1. The normalized spacial score (nSPS) is 16.1. The number of carbonyl (C=O) groups excluding carboxylic acids is 1. The van der Waals surface area contributed by atoms with Crippen molar-refractivity contribution in [3.05, 3.63) is 59.7 Å². The van der Waals surface area contributed by atoms with Gasteiger partial charge in [0, 0.05) is 24.7 Å². The number of hydrogen-bond acceptors (Lipinski definition) is 2.